The average Bonchev–Trinajstić information content (AvgIpc) is 2.61. The van der Waals surface area contributed by atoms with Crippen molar-refractivity contribution in [1.29, 1.82) is 0 Å². The quantitative estimate of drug-likeness (QED) is 0.281. The summed E-state index contributed by atoms with van der Waals surface area (Å²) in [6.07, 6.45) is 1.17. The largest absolute Gasteiger partial charge is 0 e. The third kappa shape index (κ3) is 4.76. The Morgan fingerprint density at radius 1 is 0.682 bits per heavy atom. The molecule has 0 heterocycles. The maximum atomic E-state index is 12.6. The third-order valence-electron chi connectivity index (χ3n) is 1.86. The van der Waals surface area contributed by atoms with E-state index in [1.807, 2.05) is 0 Å². The Labute approximate surface area is 134 Å². The summed E-state index contributed by atoms with van der Waals surface area (Å²) in [6, 6.07) is 0. The molecule has 22 heavy (non-hydrogen) atoms. The van der Waals surface area contributed by atoms with Gasteiger partial charge in [-0.2, -0.15) is 0 Å². The number of alkyl halides is 2. The fourth-order valence-electron chi connectivity index (χ4n) is 1.11. The molecular formula is C11F5O5Re-. The van der Waals surface area contributed by atoms with Gasteiger partial charge >= 0.3 is 56.5 Å². The van der Waals surface area contributed by atoms with Crippen molar-refractivity contribution in [3.05, 3.63) is 56.8 Å². The van der Waals surface area contributed by atoms with Crippen LogP contribution in [0.15, 0.2) is 17.5 Å². The van der Waals surface area contributed by atoms with Gasteiger partial charge in [-0.05, 0) is 5.83 Å². The topological polar surface area (TPSA) is 99.5 Å². The van der Waals surface area contributed by atoms with Gasteiger partial charge in [0.1, 0.15) is 5.83 Å². The van der Waals surface area contributed by atoms with Crippen LogP contribution < -0.4 is 0 Å². The Morgan fingerprint density at radius 2 is 0.955 bits per heavy atom. The predicted octanol–water partition coefficient (Wildman–Crippen LogP) is 2.05. The fourth-order valence-corrected chi connectivity index (χ4v) is 1.11. The van der Waals surface area contributed by atoms with E-state index in [1.165, 1.54) is 6.08 Å². The molecule has 0 saturated heterocycles. The van der Waals surface area contributed by atoms with Gasteiger partial charge in [-0.25, -0.2) is 17.6 Å². The molecule has 0 fully saturated rings. The molecule has 2 unspecified atom stereocenters. The van der Waals surface area contributed by atoms with E-state index < -0.39 is 28.8 Å². The van der Waals surface area contributed by atoms with Gasteiger partial charge in [0.2, 0.25) is 0 Å². The molecule has 1 radical (unpaired) electrons. The molecule has 2 aliphatic carbocycles. The number of allylic oxidation sites excluding steroid dienone is 4. The van der Waals surface area contributed by atoms with Crippen LogP contribution in [0.5, 0.6) is 0 Å². The molecule has 0 aromatic carbocycles. The number of hydrogen-bond donors (Lipinski definition) is 0. The Hall–Kier alpha value is -1.51. The van der Waals surface area contributed by atoms with E-state index in [9.17, 15) is 22.0 Å². The monoisotopic (exact) mass is 494 g/mol. The molecule has 0 aliphatic heterocycles. The summed E-state index contributed by atoms with van der Waals surface area (Å²) in [7, 11) is 0. The van der Waals surface area contributed by atoms with Crippen molar-refractivity contribution in [3.63, 3.8) is 0 Å². The molecule has 0 amide bonds. The summed E-state index contributed by atoms with van der Waals surface area (Å²) in [6.45, 7) is 22.5. The zero-order valence-electron chi connectivity index (χ0n) is 9.81. The van der Waals surface area contributed by atoms with Gasteiger partial charge in [0.15, 0.2) is 11.5 Å². The smallest absolute Gasteiger partial charge is 0 e. The van der Waals surface area contributed by atoms with Gasteiger partial charge in [0.25, 0.3) is 0 Å². The van der Waals surface area contributed by atoms with Crippen LogP contribution in [0, 0.1) is 39.3 Å². The molecule has 0 bridgehead atoms. The zero-order valence-corrected chi connectivity index (χ0v) is 12.5. The van der Waals surface area contributed by atoms with E-state index in [1.54, 1.807) is 0 Å². The molecule has 0 spiro atoms. The SMILES string of the molecule is FC1=[C-]C2(F)C(F)=C(F)C12F.[C-]#[O+].[C-]#[O+].[C-]#[O+].[C-]#[O+].[C-]#[O+].[Re]. The number of rotatable bonds is 0. The van der Waals surface area contributed by atoms with Crippen LogP contribution in [0.1, 0.15) is 0 Å². The van der Waals surface area contributed by atoms with Crippen molar-refractivity contribution >= 4 is 0 Å². The minimum absolute atomic E-state index is 0. The third-order valence-corrected chi connectivity index (χ3v) is 1.86. The molecule has 0 aromatic heterocycles. The van der Waals surface area contributed by atoms with E-state index in [2.05, 4.69) is 33.3 Å². The standard InChI is InChI=1S/C6F5.5CO.Re/c7-2-1-5(10)3(8)4(9)6(2,5)11;5*1-2;/q-1;;;;;;. The van der Waals surface area contributed by atoms with Crippen molar-refractivity contribution in [1.82, 2.24) is 0 Å². The summed E-state index contributed by atoms with van der Waals surface area (Å²) < 4.78 is 98.8. The van der Waals surface area contributed by atoms with Gasteiger partial charge < -0.3 is 6.08 Å². The van der Waals surface area contributed by atoms with Crippen molar-refractivity contribution in [2.45, 2.75) is 11.3 Å². The normalized spacial score (nSPS) is 24.2. The first kappa shape index (κ1) is 32.4. The Kier molecular flexibility index (Phi) is 23.4. The predicted molar refractivity (Wildman–Crippen MR) is 44.4 cm³/mol. The van der Waals surface area contributed by atoms with E-state index >= 15 is 0 Å². The van der Waals surface area contributed by atoms with Crippen molar-refractivity contribution in [2.75, 3.05) is 0 Å². The van der Waals surface area contributed by atoms with Gasteiger partial charge in [-0.15, -0.1) is 0 Å². The summed E-state index contributed by atoms with van der Waals surface area (Å²) in [5.74, 6) is -5.66. The van der Waals surface area contributed by atoms with Gasteiger partial charge in [0.05, 0.1) is 5.67 Å². The van der Waals surface area contributed by atoms with Crippen LogP contribution in [0.3, 0.4) is 0 Å². The van der Waals surface area contributed by atoms with Crippen LogP contribution in [0.25, 0.3) is 0 Å². The van der Waals surface area contributed by atoms with E-state index in [4.69, 9.17) is 23.3 Å². The summed E-state index contributed by atoms with van der Waals surface area (Å²) >= 11 is 0. The Morgan fingerprint density at radius 3 is 1.09 bits per heavy atom. The van der Waals surface area contributed by atoms with Crippen molar-refractivity contribution in [3.8, 4) is 0 Å². The van der Waals surface area contributed by atoms with E-state index in [0.717, 1.165) is 0 Å². The molecule has 0 saturated carbocycles. The molecular weight excluding hydrogens is 493 g/mol. The second-order valence-electron chi connectivity index (χ2n) is 2.38. The second-order valence-corrected chi connectivity index (χ2v) is 2.38. The van der Waals surface area contributed by atoms with E-state index in [-0.39, 0.29) is 20.4 Å². The van der Waals surface area contributed by atoms with E-state index in [0.29, 0.717) is 0 Å². The first-order valence-electron chi connectivity index (χ1n) is 3.72. The summed E-state index contributed by atoms with van der Waals surface area (Å²) in [5, 5.41) is 0. The molecule has 2 rings (SSSR count). The van der Waals surface area contributed by atoms with Gasteiger partial charge in [-0.1, -0.05) is 0 Å². The molecule has 2 atom stereocenters. The molecule has 0 N–H and O–H groups in total. The van der Waals surface area contributed by atoms with Crippen molar-refractivity contribution < 1.29 is 65.6 Å². The maximum Gasteiger partial charge on any atom is 0 e. The molecule has 5 nitrogen and oxygen atoms in total. The minimum Gasteiger partial charge on any atom is 0 e. The maximum absolute atomic E-state index is 12.6. The second kappa shape index (κ2) is 15.9. The Bertz CT molecular complexity index is 472. The number of halogens is 5. The molecule has 117 valence electrons. The average molecular weight is 493 g/mol. The summed E-state index contributed by atoms with van der Waals surface area (Å²) in [5.41, 5.74) is -6.79. The Balaban J connectivity index is -0.0000000760. The van der Waals surface area contributed by atoms with Crippen LogP contribution in [0.4, 0.5) is 22.0 Å². The number of fused-ring (bicyclic) bond motifs is 1. The van der Waals surface area contributed by atoms with Crippen LogP contribution in [-0.2, 0) is 43.7 Å². The zero-order chi connectivity index (χ0) is 18.4. The van der Waals surface area contributed by atoms with Crippen LogP contribution >= 0.6 is 0 Å². The van der Waals surface area contributed by atoms with Gasteiger partial charge in [-0.3, -0.25) is 4.39 Å². The fraction of sp³-hybridized carbons (Fsp3) is 0.182. The molecule has 11 heteroatoms. The molecule has 2 aliphatic rings. The van der Waals surface area contributed by atoms with Gasteiger partial charge in [0, 0.05) is 20.4 Å². The van der Waals surface area contributed by atoms with Crippen molar-refractivity contribution in [2.24, 2.45) is 0 Å². The summed E-state index contributed by atoms with van der Waals surface area (Å²) in [4.78, 5) is 0. The molecule has 0 aromatic rings. The minimum atomic E-state index is -3.50. The van der Waals surface area contributed by atoms with Crippen LogP contribution in [0.2, 0.25) is 0 Å². The number of hydrogen-bond acceptors (Lipinski definition) is 0. The first-order valence-corrected chi connectivity index (χ1v) is 3.72. The first-order chi connectivity index (χ1) is 9.94. The van der Waals surface area contributed by atoms with Crippen LogP contribution in [-0.4, -0.2) is 11.3 Å².